The van der Waals surface area contributed by atoms with Crippen LogP contribution < -0.4 is 10.6 Å². The van der Waals surface area contributed by atoms with Crippen LogP contribution in [-0.4, -0.2) is 15.2 Å². The van der Waals surface area contributed by atoms with Gasteiger partial charge in [-0.2, -0.15) is 10.1 Å². The molecule has 104 valence electrons. The van der Waals surface area contributed by atoms with E-state index in [9.17, 15) is 0 Å². The Bertz CT molecular complexity index is 733. The van der Waals surface area contributed by atoms with Crippen molar-refractivity contribution in [2.45, 2.75) is 0 Å². The summed E-state index contributed by atoms with van der Waals surface area (Å²) in [5.74, 6) is 1.01. The molecular weight excluding hydrogens is 286 g/mol. The van der Waals surface area contributed by atoms with E-state index >= 15 is 0 Å². The van der Waals surface area contributed by atoms with Gasteiger partial charge in [-0.25, -0.2) is 0 Å². The Balaban J connectivity index is 1.77. The Morgan fingerprint density at radius 3 is 2.48 bits per heavy atom. The highest BCUT2D eigenvalue weighted by atomic mass is 35.5. The molecule has 0 saturated heterocycles. The Kier molecular flexibility index (Phi) is 3.93. The number of nitrogens with one attached hydrogen (secondary N) is 2. The molecule has 0 aliphatic carbocycles. The third-order valence-corrected chi connectivity index (χ3v) is 2.92. The second-order valence-electron chi connectivity index (χ2n) is 4.29. The van der Waals surface area contributed by atoms with Gasteiger partial charge in [-0.05, 0) is 30.3 Å². The highest BCUT2D eigenvalue weighted by Gasteiger charge is 2.02. The monoisotopic (exact) mass is 297 g/mol. The minimum absolute atomic E-state index is 0.424. The molecule has 5 nitrogen and oxygen atoms in total. The van der Waals surface area contributed by atoms with Crippen molar-refractivity contribution in [1.82, 2.24) is 15.2 Å². The number of benzene rings is 2. The summed E-state index contributed by atoms with van der Waals surface area (Å²) in [5.41, 5.74) is 1.74. The maximum absolute atomic E-state index is 5.95. The lowest BCUT2D eigenvalue weighted by Crippen LogP contribution is -2.02. The van der Waals surface area contributed by atoms with Crippen LogP contribution >= 0.6 is 11.6 Å². The zero-order valence-corrected chi connectivity index (χ0v) is 11.7. The summed E-state index contributed by atoms with van der Waals surface area (Å²) in [4.78, 5) is 4.35. The van der Waals surface area contributed by atoms with Gasteiger partial charge < -0.3 is 10.6 Å². The minimum Gasteiger partial charge on any atom is -0.339 e. The van der Waals surface area contributed by atoms with E-state index in [-0.39, 0.29) is 0 Å². The molecule has 0 spiro atoms. The number of hydrogen-bond donors (Lipinski definition) is 2. The van der Waals surface area contributed by atoms with Crippen LogP contribution in [0, 0.1) is 0 Å². The van der Waals surface area contributed by atoms with Crippen molar-refractivity contribution in [1.29, 1.82) is 0 Å². The van der Waals surface area contributed by atoms with Crippen LogP contribution in [0.2, 0.25) is 5.02 Å². The summed E-state index contributed by atoms with van der Waals surface area (Å²) in [5, 5.41) is 14.8. The first-order valence-corrected chi connectivity index (χ1v) is 6.72. The molecular formula is C15H12ClN5. The maximum Gasteiger partial charge on any atom is 0.249 e. The summed E-state index contributed by atoms with van der Waals surface area (Å²) in [6.07, 6.45) is 1.55. The predicted octanol–water partition coefficient (Wildman–Crippen LogP) is 4.01. The first-order valence-electron chi connectivity index (χ1n) is 6.34. The molecule has 0 aliphatic rings. The fourth-order valence-corrected chi connectivity index (χ4v) is 1.97. The zero-order chi connectivity index (χ0) is 14.5. The lowest BCUT2D eigenvalue weighted by atomic mass is 10.3. The van der Waals surface area contributed by atoms with Crippen LogP contribution in [0.4, 0.5) is 23.1 Å². The number of anilines is 4. The molecule has 21 heavy (non-hydrogen) atoms. The molecule has 0 fully saturated rings. The van der Waals surface area contributed by atoms with Crippen LogP contribution in [0.25, 0.3) is 0 Å². The van der Waals surface area contributed by atoms with Crippen LogP contribution in [0.15, 0.2) is 60.8 Å². The quantitative estimate of drug-likeness (QED) is 0.762. The van der Waals surface area contributed by atoms with Crippen molar-refractivity contribution < 1.29 is 0 Å². The molecule has 1 aromatic heterocycles. The summed E-state index contributed by atoms with van der Waals surface area (Å²) >= 11 is 5.95. The largest absolute Gasteiger partial charge is 0.339 e. The number of hydrogen-bond acceptors (Lipinski definition) is 5. The van der Waals surface area contributed by atoms with Gasteiger partial charge in [-0.15, -0.1) is 5.10 Å². The summed E-state index contributed by atoms with van der Waals surface area (Å²) in [6, 6.07) is 17.1. The van der Waals surface area contributed by atoms with E-state index in [1.165, 1.54) is 0 Å². The van der Waals surface area contributed by atoms with Gasteiger partial charge in [0.05, 0.1) is 6.20 Å². The van der Waals surface area contributed by atoms with Gasteiger partial charge in [-0.1, -0.05) is 35.9 Å². The topological polar surface area (TPSA) is 62.7 Å². The van der Waals surface area contributed by atoms with Crippen molar-refractivity contribution in [3.8, 4) is 0 Å². The number of aromatic nitrogens is 3. The first kappa shape index (κ1) is 13.3. The van der Waals surface area contributed by atoms with E-state index in [4.69, 9.17) is 11.6 Å². The van der Waals surface area contributed by atoms with Gasteiger partial charge >= 0.3 is 0 Å². The minimum atomic E-state index is 0.424. The van der Waals surface area contributed by atoms with Crippen molar-refractivity contribution in [2.24, 2.45) is 0 Å². The van der Waals surface area contributed by atoms with Crippen molar-refractivity contribution in [2.75, 3.05) is 10.6 Å². The SMILES string of the molecule is Clc1cccc(Nc2cnnc(Nc3ccccc3)n2)c1. The number of nitrogens with zero attached hydrogens (tertiary/aromatic N) is 3. The lowest BCUT2D eigenvalue weighted by Gasteiger charge is -2.07. The van der Waals surface area contributed by atoms with Gasteiger partial charge in [0, 0.05) is 16.4 Å². The van der Waals surface area contributed by atoms with Gasteiger partial charge in [0.15, 0.2) is 5.82 Å². The van der Waals surface area contributed by atoms with E-state index in [0.29, 0.717) is 16.8 Å². The molecule has 0 amide bonds. The molecule has 3 rings (SSSR count). The van der Waals surface area contributed by atoms with Gasteiger partial charge in [-0.3, -0.25) is 0 Å². The van der Waals surface area contributed by atoms with Gasteiger partial charge in [0.2, 0.25) is 5.95 Å². The predicted molar refractivity (Wildman–Crippen MR) is 84.3 cm³/mol. The second kappa shape index (κ2) is 6.19. The van der Waals surface area contributed by atoms with Crippen LogP contribution in [-0.2, 0) is 0 Å². The van der Waals surface area contributed by atoms with E-state index < -0.39 is 0 Å². The third-order valence-electron chi connectivity index (χ3n) is 2.69. The van der Waals surface area contributed by atoms with E-state index in [1.807, 2.05) is 54.6 Å². The maximum atomic E-state index is 5.95. The molecule has 1 heterocycles. The number of para-hydroxylation sites is 1. The fourth-order valence-electron chi connectivity index (χ4n) is 1.78. The lowest BCUT2D eigenvalue weighted by molar-refractivity contribution is 0.982. The molecule has 0 unspecified atom stereocenters. The standard InChI is InChI=1S/C15H12ClN5/c16-11-5-4-8-13(9-11)18-14-10-17-21-15(20-14)19-12-6-2-1-3-7-12/h1-10H,(H2,18,19,20,21). The molecule has 2 aromatic carbocycles. The van der Waals surface area contributed by atoms with Crippen LogP contribution in [0.3, 0.4) is 0 Å². The van der Waals surface area contributed by atoms with Crippen molar-refractivity contribution in [3.05, 3.63) is 65.8 Å². The number of halogens is 1. The molecule has 0 bridgehead atoms. The third kappa shape index (κ3) is 3.67. The van der Waals surface area contributed by atoms with Gasteiger partial charge in [0.1, 0.15) is 0 Å². The molecule has 2 N–H and O–H groups in total. The van der Waals surface area contributed by atoms with E-state index in [1.54, 1.807) is 6.20 Å². The fraction of sp³-hybridized carbons (Fsp3) is 0. The first-order chi connectivity index (χ1) is 10.3. The molecule has 6 heteroatoms. The molecule has 0 radical (unpaired) electrons. The second-order valence-corrected chi connectivity index (χ2v) is 4.73. The normalized spacial score (nSPS) is 10.1. The Hall–Kier alpha value is -2.66. The summed E-state index contributed by atoms with van der Waals surface area (Å²) < 4.78 is 0. The van der Waals surface area contributed by atoms with Crippen molar-refractivity contribution >= 4 is 34.7 Å². The molecule has 0 saturated carbocycles. The van der Waals surface area contributed by atoms with Gasteiger partial charge in [0.25, 0.3) is 0 Å². The summed E-state index contributed by atoms with van der Waals surface area (Å²) in [7, 11) is 0. The Labute approximate surface area is 127 Å². The van der Waals surface area contributed by atoms with Crippen LogP contribution in [0.5, 0.6) is 0 Å². The Morgan fingerprint density at radius 2 is 1.67 bits per heavy atom. The van der Waals surface area contributed by atoms with Crippen LogP contribution in [0.1, 0.15) is 0 Å². The average Bonchev–Trinajstić information content (AvgIpc) is 2.49. The highest BCUT2D eigenvalue weighted by molar-refractivity contribution is 6.30. The molecule has 0 aliphatic heterocycles. The molecule has 0 atom stereocenters. The zero-order valence-electron chi connectivity index (χ0n) is 11.0. The summed E-state index contributed by atoms with van der Waals surface area (Å²) in [6.45, 7) is 0. The molecule has 3 aromatic rings. The van der Waals surface area contributed by atoms with E-state index in [2.05, 4.69) is 25.8 Å². The smallest absolute Gasteiger partial charge is 0.249 e. The van der Waals surface area contributed by atoms with E-state index in [0.717, 1.165) is 11.4 Å². The Morgan fingerprint density at radius 1 is 0.857 bits per heavy atom. The average molecular weight is 298 g/mol. The van der Waals surface area contributed by atoms with Crippen molar-refractivity contribution in [3.63, 3.8) is 0 Å². The number of rotatable bonds is 4. The highest BCUT2D eigenvalue weighted by Crippen LogP contribution is 2.19.